The Hall–Kier alpha value is -3.73. The van der Waals surface area contributed by atoms with Crippen LogP contribution in [-0.4, -0.2) is 50.2 Å². The van der Waals surface area contributed by atoms with E-state index in [2.05, 4.69) is 5.32 Å². The van der Waals surface area contributed by atoms with Gasteiger partial charge in [0, 0.05) is 56.7 Å². The fraction of sp³-hybridized carbons (Fsp3) is 0.419. The number of ether oxygens (including phenoxy) is 1. The van der Waals surface area contributed by atoms with Crippen molar-refractivity contribution in [2.75, 3.05) is 30.1 Å². The van der Waals surface area contributed by atoms with Gasteiger partial charge in [0.05, 0.1) is 35.3 Å². The van der Waals surface area contributed by atoms with E-state index in [0.717, 1.165) is 50.0 Å². The summed E-state index contributed by atoms with van der Waals surface area (Å²) in [5, 5.41) is 3.49. The Kier molecular flexibility index (Phi) is 8.41. The van der Waals surface area contributed by atoms with Gasteiger partial charge in [-0.3, -0.25) is 9.59 Å². The molecule has 0 saturated heterocycles. The number of halogens is 2. The van der Waals surface area contributed by atoms with Crippen LogP contribution in [-0.2, 0) is 26.4 Å². The SMILES string of the molecule is CC(=O)OCCCCCCC1CNC2=C3C(=CN(c4ccc(F)cc4F)C31)C=C(CS(C)(=O)=O)c1ccn(C)c(=O)c12. The van der Waals surface area contributed by atoms with Gasteiger partial charge < -0.3 is 19.5 Å². The first-order valence-electron chi connectivity index (χ1n) is 14.1. The smallest absolute Gasteiger partial charge is 0.302 e. The number of sulfone groups is 1. The van der Waals surface area contributed by atoms with E-state index in [1.807, 2.05) is 0 Å². The number of carbonyl (C=O) groups is 1. The molecule has 11 heteroatoms. The van der Waals surface area contributed by atoms with E-state index >= 15 is 4.39 Å². The number of aromatic nitrogens is 1. The van der Waals surface area contributed by atoms with E-state index in [-0.39, 0.29) is 34.9 Å². The quantitative estimate of drug-likeness (QED) is 0.321. The molecule has 1 aromatic heterocycles. The number of esters is 1. The number of nitrogens with zero attached hydrogens (tertiary/aromatic N) is 2. The minimum absolute atomic E-state index is 0.0105. The van der Waals surface area contributed by atoms with Crippen molar-refractivity contribution >= 4 is 32.8 Å². The highest BCUT2D eigenvalue weighted by Gasteiger charge is 2.43. The third-order valence-corrected chi connectivity index (χ3v) is 8.85. The van der Waals surface area contributed by atoms with Crippen molar-refractivity contribution < 1.29 is 26.7 Å². The number of nitrogens with one attached hydrogen (secondary N) is 1. The summed E-state index contributed by atoms with van der Waals surface area (Å²) in [7, 11) is -1.81. The lowest BCUT2D eigenvalue weighted by atomic mass is 9.82. The fourth-order valence-corrected chi connectivity index (χ4v) is 7.00. The number of allylic oxidation sites excluding steroid dienone is 1. The van der Waals surface area contributed by atoms with E-state index in [4.69, 9.17) is 4.74 Å². The zero-order valence-corrected chi connectivity index (χ0v) is 24.8. The molecule has 0 fully saturated rings. The summed E-state index contributed by atoms with van der Waals surface area (Å²) in [4.78, 5) is 26.4. The molecule has 3 aliphatic rings. The van der Waals surface area contributed by atoms with Crippen LogP contribution in [0.25, 0.3) is 11.3 Å². The molecule has 5 rings (SSSR count). The molecule has 2 aromatic rings. The van der Waals surface area contributed by atoms with Crippen LogP contribution in [0.15, 0.2) is 58.7 Å². The molecule has 1 aliphatic carbocycles. The van der Waals surface area contributed by atoms with Crippen LogP contribution in [0.5, 0.6) is 0 Å². The van der Waals surface area contributed by atoms with Gasteiger partial charge in [0.1, 0.15) is 11.6 Å². The first-order chi connectivity index (χ1) is 19.9. The van der Waals surface area contributed by atoms with Crippen LogP contribution in [0.3, 0.4) is 0 Å². The number of pyridine rings is 1. The average molecular weight is 600 g/mol. The van der Waals surface area contributed by atoms with Gasteiger partial charge in [0.25, 0.3) is 5.56 Å². The maximum atomic E-state index is 15.2. The minimum atomic E-state index is -3.46. The van der Waals surface area contributed by atoms with Crippen LogP contribution < -0.4 is 15.8 Å². The molecule has 1 N–H and O–H groups in total. The number of fused-ring (bicyclic) bond motifs is 2. The third-order valence-electron chi connectivity index (χ3n) is 8.02. The number of benzene rings is 1. The molecular weight excluding hydrogens is 564 g/mol. The van der Waals surface area contributed by atoms with Gasteiger partial charge >= 0.3 is 5.97 Å². The van der Waals surface area contributed by atoms with Crippen LogP contribution in [0.2, 0.25) is 0 Å². The van der Waals surface area contributed by atoms with Gasteiger partial charge in [0.2, 0.25) is 0 Å². The zero-order valence-electron chi connectivity index (χ0n) is 24.0. The van der Waals surface area contributed by atoms with Crippen molar-refractivity contribution in [1.82, 2.24) is 9.88 Å². The molecule has 0 bridgehead atoms. The number of rotatable bonds is 10. The first-order valence-corrected chi connectivity index (χ1v) is 16.2. The normalized spacial score (nSPS) is 19.4. The van der Waals surface area contributed by atoms with Gasteiger partial charge in [0.15, 0.2) is 9.84 Å². The molecule has 0 radical (unpaired) electrons. The maximum Gasteiger partial charge on any atom is 0.302 e. The van der Waals surface area contributed by atoms with Crippen molar-refractivity contribution in [3.63, 3.8) is 0 Å². The van der Waals surface area contributed by atoms with Crippen molar-refractivity contribution in [2.45, 2.75) is 45.1 Å². The lowest BCUT2D eigenvalue weighted by molar-refractivity contribution is -0.141. The largest absolute Gasteiger partial charge is 0.466 e. The van der Waals surface area contributed by atoms with E-state index in [0.29, 0.717) is 41.1 Å². The summed E-state index contributed by atoms with van der Waals surface area (Å²) in [6.07, 6.45) is 10.6. The zero-order chi connectivity index (χ0) is 30.2. The fourth-order valence-electron chi connectivity index (χ4n) is 6.20. The average Bonchev–Trinajstić information content (AvgIpc) is 3.21. The monoisotopic (exact) mass is 599 g/mol. The molecule has 0 saturated carbocycles. The predicted octanol–water partition coefficient (Wildman–Crippen LogP) is 4.32. The number of aryl methyl sites for hydroxylation is 1. The Bertz CT molecular complexity index is 1680. The highest BCUT2D eigenvalue weighted by atomic mass is 32.2. The molecule has 8 nitrogen and oxygen atoms in total. The van der Waals surface area contributed by atoms with E-state index in [1.54, 1.807) is 36.5 Å². The van der Waals surface area contributed by atoms with E-state index in [9.17, 15) is 22.4 Å². The Morgan fingerprint density at radius 2 is 1.90 bits per heavy atom. The summed E-state index contributed by atoms with van der Waals surface area (Å²) in [5.74, 6) is -1.93. The summed E-state index contributed by atoms with van der Waals surface area (Å²) in [5.41, 5.74) is 3.48. The van der Waals surface area contributed by atoms with Gasteiger partial charge in [-0.15, -0.1) is 0 Å². The Labute approximate surface area is 244 Å². The second-order valence-electron chi connectivity index (χ2n) is 11.3. The standard InChI is InChI=1S/C31H35F2N3O5S/c1-19(37)41-13-7-5-4-6-8-20-16-34-29-27-21(17-36(30(20)27)26-10-9-23(32)15-25(26)33)14-22(18-42(3,39)40)24-11-12-35(2)31(38)28(24)29/h9-12,14-15,17,20,30,34H,4-8,13,16,18H2,1-3H3. The molecule has 3 heterocycles. The van der Waals surface area contributed by atoms with Gasteiger partial charge in [-0.1, -0.05) is 19.3 Å². The predicted molar refractivity (Wildman–Crippen MR) is 158 cm³/mol. The Balaban J connectivity index is 1.57. The molecule has 0 amide bonds. The molecule has 0 spiro atoms. The number of carbonyl (C=O) groups excluding carboxylic acids is 1. The van der Waals surface area contributed by atoms with Crippen molar-refractivity contribution in [3.8, 4) is 0 Å². The first kappa shape index (κ1) is 29.8. The lowest BCUT2D eigenvalue weighted by Crippen LogP contribution is -2.46. The van der Waals surface area contributed by atoms with Gasteiger partial charge in [-0.2, -0.15) is 0 Å². The van der Waals surface area contributed by atoms with Gasteiger partial charge in [-0.25, -0.2) is 17.2 Å². The topological polar surface area (TPSA) is 97.7 Å². The second kappa shape index (κ2) is 11.9. The van der Waals surface area contributed by atoms with Crippen LogP contribution >= 0.6 is 0 Å². The summed E-state index contributed by atoms with van der Waals surface area (Å²) < 4.78 is 60.5. The summed E-state index contributed by atoms with van der Waals surface area (Å²) in [6.45, 7) is 2.29. The van der Waals surface area contributed by atoms with E-state index < -0.39 is 21.5 Å². The summed E-state index contributed by atoms with van der Waals surface area (Å²) in [6, 6.07) is 4.89. The number of hydrogen-bond donors (Lipinski definition) is 1. The molecule has 42 heavy (non-hydrogen) atoms. The molecule has 2 aliphatic heterocycles. The van der Waals surface area contributed by atoms with Crippen molar-refractivity contribution in [3.05, 3.63) is 87.0 Å². The Morgan fingerprint density at radius 3 is 2.62 bits per heavy atom. The maximum absolute atomic E-state index is 15.2. The summed E-state index contributed by atoms with van der Waals surface area (Å²) >= 11 is 0. The van der Waals surface area contributed by atoms with Crippen LogP contribution in [0.1, 0.15) is 50.2 Å². The number of anilines is 1. The highest BCUT2D eigenvalue weighted by molar-refractivity contribution is 7.91. The van der Waals surface area contributed by atoms with Crippen molar-refractivity contribution in [2.24, 2.45) is 13.0 Å². The van der Waals surface area contributed by atoms with Gasteiger partial charge in [-0.05, 0) is 53.8 Å². The van der Waals surface area contributed by atoms with Crippen LogP contribution in [0, 0.1) is 17.6 Å². The number of unbranched alkanes of at least 4 members (excludes halogenated alkanes) is 3. The Morgan fingerprint density at radius 1 is 1.14 bits per heavy atom. The lowest BCUT2D eigenvalue weighted by Gasteiger charge is -2.39. The highest BCUT2D eigenvalue weighted by Crippen LogP contribution is 2.47. The molecule has 224 valence electrons. The molecule has 1 aromatic carbocycles. The minimum Gasteiger partial charge on any atom is -0.466 e. The number of hydrogen-bond acceptors (Lipinski definition) is 7. The molecular formula is C31H35F2N3O5S. The molecule has 2 atom stereocenters. The van der Waals surface area contributed by atoms with Crippen LogP contribution in [0.4, 0.5) is 14.5 Å². The molecule has 2 unspecified atom stereocenters. The third kappa shape index (κ3) is 6.06. The van der Waals surface area contributed by atoms with E-state index in [1.165, 1.54) is 23.6 Å². The van der Waals surface area contributed by atoms with Crippen molar-refractivity contribution in [1.29, 1.82) is 0 Å². The second-order valence-corrected chi connectivity index (χ2v) is 13.4.